The fourth-order valence-corrected chi connectivity index (χ4v) is 10.8. The zero-order valence-electron chi connectivity index (χ0n) is 35.4. The summed E-state index contributed by atoms with van der Waals surface area (Å²) in [5.41, 5.74) is 8.18. The number of nitrogens with zero attached hydrogens (tertiary/aromatic N) is 9. The number of fused-ring (bicyclic) bond motifs is 2. The van der Waals surface area contributed by atoms with E-state index in [1.54, 1.807) is 28.7 Å². The van der Waals surface area contributed by atoms with E-state index in [0.29, 0.717) is 41.7 Å². The molecule has 0 aliphatic carbocycles. The lowest BCUT2D eigenvalue weighted by Crippen LogP contribution is -2.35. The number of rotatable bonds is 9. The molecule has 7 heterocycles. The smallest absolute Gasteiger partial charge is 0.245 e. The van der Waals surface area contributed by atoms with Crippen molar-refractivity contribution in [2.24, 2.45) is 0 Å². The minimum absolute atomic E-state index is 0.323. The Morgan fingerprint density at radius 3 is 1.68 bits per heavy atom. The van der Waals surface area contributed by atoms with Crippen LogP contribution in [0.2, 0.25) is 0 Å². The highest BCUT2D eigenvalue weighted by molar-refractivity contribution is 9.10. The van der Waals surface area contributed by atoms with Gasteiger partial charge in [-0.15, -0.1) is 10.2 Å². The van der Waals surface area contributed by atoms with Crippen molar-refractivity contribution in [2.45, 2.75) is 61.7 Å². The topological polar surface area (TPSA) is 128 Å². The van der Waals surface area contributed by atoms with Gasteiger partial charge in [0.2, 0.25) is 21.9 Å². The summed E-state index contributed by atoms with van der Waals surface area (Å²) in [6, 6.07) is 32.3. The zero-order chi connectivity index (χ0) is 42.6. The highest BCUT2D eigenvalue weighted by atomic mass is 79.9. The first-order valence-electron chi connectivity index (χ1n) is 21.7. The Kier molecular flexibility index (Phi) is 12.7. The second-order valence-corrected chi connectivity index (χ2v) is 19.6. The van der Waals surface area contributed by atoms with Gasteiger partial charge in [0.1, 0.15) is 4.60 Å². The molecule has 0 unspecified atom stereocenters. The molecule has 15 heteroatoms. The molecule has 3 fully saturated rings. The first kappa shape index (κ1) is 42.1. The molecule has 3 saturated heterocycles. The standard InChI is InChI=1S/C29H34N6O2S.C18H20BrN5/c1-33-18-14-23(15-19-33)22-8-10-25(11-9-22)31-29-30-21-26-12-13-28(35(26)32-29)24-6-5-7-27(20-24)38(36,37)34-16-3-2-4-17-34;1-23-10-8-14(9-11-23)13-2-4-15(5-3-13)21-18-20-12-16-6-7-17(19)24(16)22-18/h5-13,20-21,23H,2-4,14-19H2,1H3,(H,31,32);2-7,12,14H,8-11H2,1H3,(H,21,22). The second kappa shape index (κ2) is 18.7. The maximum absolute atomic E-state index is 13.3. The molecule has 4 aromatic heterocycles. The maximum atomic E-state index is 13.3. The van der Waals surface area contributed by atoms with Crippen LogP contribution in [0.25, 0.3) is 22.3 Å². The van der Waals surface area contributed by atoms with Crippen molar-refractivity contribution in [3.63, 3.8) is 0 Å². The summed E-state index contributed by atoms with van der Waals surface area (Å²) in [6.45, 7) is 5.83. The monoisotopic (exact) mass is 915 g/mol. The molecule has 0 bridgehead atoms. The summed E-state index contributed by atoms with van der Waals surface area (Å²) >= 11 is 3.49. The first-order chi connectivity index (χ1) is 30.2. The van der Waals surface area contributed by atoms with Crippen LogP contribution in [0.3, 0.4) is 0 Å². The van der Waals surface area contributed by atoms with E-state index in [1.165, 1.54) is 49.9 Å². The number of piperidine rings is 3. The lowest BCUT2D eigenvalue weighted by atomic mass is 9.89. The van der Waals surface area contributed by atoms with Crippen LogP contribution >= 0.6 is 15.9 Å². The van der Waals surface area contributed by atoms with E-state index < -0.39 is 10.0 Å². The van der Waals surface area contributed by atoms with Gasteiger partial charge in [0.25, 0.3) is 0 Å². The molecule has 322 valence electrons. The van der Waals surface area contributed by atoms with Crippen molar-refractivity contribution in [3.8, 4) is 11.3 Å². The fraction of sp³-hybridized carbons (Fsp3) is 0.362. The van der Waals surface area contributed by atoms with E-state index in [-0.39, 0.29) is 0 Å². The molecule has 2 N–H and O–H groups in total. The first-order valence-corrected chi connectivity index (χ1v) is 24.0. The number of hydrogen-bond donors (Lipinski definition) is 2. The van der Waals surface area contributed by atoms with E-state index in [4.69, 9.17) is 5.10 Å². The van der Waals surface area contributed by atoms with Gasteiger partial charge in [0.05, 0.1) is 34.0 Å². The number of likely N-dealkylation sites (tertiary alicyclic amines) is 2. The highest BCUT2D eigenvalue weighted by Crippen LogP contribution is 2.31. The van der Waals surface area contributed by atoms with Crippen LogP contribution in [0.4, 0.5) is 23.3 Å². The summed E-state index contributed by atoms with van der Waals surface area (Å²) in [6.07, 6.45) is 11.4. The van der Waals surface area contributed by atoms with Crippen molar-refractivity contribution >= 4 is 60.3 Å². The van der Waals surface area contributed by atoms with Gasteiger partial charge in [-0.2, -0.15) is 4.31 Å². The Balaban J connectivity index is 0.000000175. The number of hydrogen-bond acceptors (Lipinski definition) is 10. The Hall–Kier alpha value is -5.19. The van der Waals surface area contributed by atoms with Crippen LogP contribution in [0, 0.1) is 0 Å². The van der Waals surface area contributed by atoms with Crippen LogP contribution in [-0.4, -0.2) is 105 Å². The Labute approximate surface area is 372 Å². The van der Waals surface area contributed by atoms with Gasteiger partial charge in [-0.05, 0) is 178 Å². The van der Waals surface area contributed by atoms with E-state index in [2.05, 4.69) is 114 Å². The molecule has 0 atom stereocenters. The molecule has 0 radical (unpaired) electrons. The molecule has 3 aliphatic heterocycles. The molecule has 10 rings (SSSR count). The van der Waals surface area contributed by atoms with E-state index in [1.807, 2.05) is 45.6 Å². The third-order valence-electron chi connectivity index (χ3n) is 12.5. The Morgan fingerprint density at radius 1 is 0.597 bits per heavy atom. The third-order valence-corrected chi connectivity index (χ3v) is 15.0. The summed E-state index contributed by atoms with van der Waals surface area (Å²) in [4.78, 5) is 14.0. The predicted octanol–water partition coefficient (Wildman–Crippen LogP) is 9.17. The summed E-state index contributed by atoms with van der Waals surface area (Å²) in [5, 5.41) is 15.8. The molecule has 7 aromatic rings. The minimum Gasteiger partial charge on any atom is -0.323 e. The van der Waals surface area contributed by atoms with Gasteiger partial charge in [-0.25, -0.2) is 27.4 Å². The average Bonchev–Trinajstić information content (AvgIpc) is 3.90. The van der Waals surface area contributed by atoms with Crippen LogP contribution < -0.4 is 10.6 Å². The van der Waals surface area contributed by atoms with Gasteiger partial charge in [-0.3, -0.25) is 0 Å². The normalized spacial score (nSPS) is 17.5. The van der Waals surface area contributed by atoms with Crippen molar-refractivity contribution < 1.29 is 8.42 Å². The quantitative estimate of drug-likeness (QED) is 0.145. The van der Waals surface area contributed by atoms with E-state index in [9.17, 15) is 8.42 Å². The predicted molar refractivity (Wildman–Crippen MR) is 250 cm³/mol. The number of halogens is 1. The number of benzene rings is 3. The fourth-order valence-electron chi connectivity index (χ4n) is 8.79. The van der Waals surface area contributed by atoms with Crippen LogP contribution in [0.15, 0.2) is 119 Å². The van der Waals surface area contributed by atoms with Crippen LogP contribution in [0.1, 0.15) is 67.9 Å². The largest absolute Gasteiger partial charge is 0.323 e. The van der Waals surface area contributed by atoms with E-state index >= 15 is 0 Å². The molecule has 3 aromatic carbocycles. The molecule has 0 spiro atoms. The van der Waals surface area contributed by atoms with Gasteiger partial charge in [0, 0.05) is 30.0 Å². The molecule has 0 amide bonds. The van der Waals surface area contributed by atoms with Gasteiger partial charge in [0.15, 0.2) is 0 Å². The van der Waals surface area contributed by atoms with Crippen molar-refractivity contribution in [1.82, 2.24) is 43.3 Å². The molecule has 62 heavy (non-hydrogen) atoms. The number of anilines is 4. The second-order valence-electron chi connectivity index (χ2n) is 16.9. The molecule has 13 nitrogen and oxygen atoms in total. The lowest BCUT2D eigenvalue weighted by Gasteiger charge is -2.29. The maximum Gasteiger partial charge on any atom is 0.245 e. The van der Waals surface area contributed by atoms with Gasteiger partial charge in [-0.1, -0.05) is 42.8 Å². The van der Waals surface area contributed by atoms with E-state index in [0.717, 1.165) is 70.6 Å². The zero-order valence-corrected chi connectivity index (χ0v) is 37.8. The Morgan fingerprint density at radius 2 is 1.11 bits per heavy atom. The third kappa shape index (κ3) is 9.57. The van der Waals surface area contributed by atoms with Gasteiger partial charge >= 0.3 is 0 Å². The minimum atomic E-state index is -3.52. The number of nitrogens with one attached hydrogen (secondary N) is 2. The SMILES string of the molecule is CN1CCC(c2ccc(Nc3ncc4ccc(-c5cccc(S(=O)(=O)N6CCCCC6)c5)n4n3)cc2)CC1.CN1CCC(c2ccc(Nc3ncc4ccc(Br)n4n3)cc2)CC1. The molecule has 0 saturated carbocycles. The van der Waals surface area contributed by atoms with Crippen molar-refractivity contribution in [2.75, 3.05) is 64.0 Å². The highest BCUT2D eigenvalue weighted by Gasteiger charge is 2.26. The lowest BCUT2D eigenvalue weighted by molar-refractivity contribution is 0.255. The van der Waals surface area contributed by atoms with Crippen molar-refractivity contribution in [3.05, 3.63) is 125 Å². The summed E-state index contributed by atoms with van der Waals surface area (Å²) < 4.78 is 32.7. The molecular formula is C47H54BrN11O2S. The number of aromatic nitrogens is 6. The molecular weight excluding hydrogens is 863 g/mol. The summed E-state index contributed by atoms with van der Waals surface area (Å²) in [7, 11) is 0.867. The van der Waals surface area contributed by atoms with Crippen molar-refractivity contribution in [1.29, 1.82) is 0 Å². The van der Waals surface area contributed by atoms with Gasteiger partial charge < -0.3 is 20.4 Å². The molecule has 3 aliphatic rings. The Bertz CT molecular complexity index is 2720. The number of sulfonamides is 1. The van der Waals surface area contributed by atoms with Crippen LogP contribution in [0.5, 0.6) is 0 Å². The summed E-state index contributed by atoms with van der Waals surface area (Å²) in [5.74, 6) is 2.37. The van der Waals surface area contributed by atoms with Crippen LogP contribution in [-0.2, 0) is 10.0 Å². The average molecular weight is 917 g/mol.